The van der Waals surface area contributed by atoms with Crippen LogP contribution in [-0.4, -0.2) is 38.8 Å². The molecule has 0 atom stereocenters. The molecule has 0 N–H and O–H groups in total. The second kappa shape index (κ2) is 12.2. The molecule has 1 heterocycles. The first-order valence-electron chi connectivity index (χ1n) is 12.8. The molecule has 37 heavy (non-hydrogen) atoms. The fourth-order valence-electron chi connectivity index (χ4n) is 4.59. The zero-order valence-corrected chi connectivity index (χ0v) is 21.8. The fourth-order valence-corrected chi connectivity index (χ4v) is 4.59. The lowest BCUT2D eigenvalue weighted by molar-refractivity contribution is -0.143. The quantitative estimate of drug-likeness (QED) is 0.288. The third-order valence-corrected chi connectivity index (χ3v) is 6.70. The first-order chi connectivity index (χ1) is 17.9. The largest absolute Gasteiger partial charge is 0.353 e. The standard InChI is InChI=1S/C32H35N3O2/c1-25(2)35(32(37)31(27-16-9-5-10-17-27)28-18-11-6-12-19-28)24-30(36)34(22-26-14-7-4-8-15-26)23-29-20-13-21-33(29)3/h4-21,25,31H,22-24H2,1-3H3. The van der Waals surface area contributed by atoms with Crippen LogP contribution in [0.1, 0.15) is 42.1 Å². The molecule has 2 amide bonds. The molecule has 0 aliphatic heterocycles. The van der Waals surface area contributed by atoms with Crippen LogP contribution in [-0.2, 0) is 29.7 Å². The number of aromatic nitrogens is 1. The minimum Gasteiger partial charge on any atom is -0.353 e. The SMILES string of the molecule is CC(C)N(CC(=O)N(Cc1ccccc1)Cc1cccn1C)C(=O)C(c1ccccc1)c1ccccc1. The number of rotatable bonds is 10. The van der Waals surface area contributed by atoms with Gasteiger partial charge < -0.3 is 14.4 Å². The van der Waals surface area contributed by atoms with Crippen LogP contribution in [0.15, 0.2) is 109 Å². The number of aryl methyl sites for hydroxylation is 1. The van der Waals surface area contributed by atoms with Crippen molar-refractivity contribution in [1.82, 2.24) is 14.4 Å². The van der Waals surface area contributed by atoms with E-state index >= 15 is 0 Å². The van der Waals surface area contributed by atoms with Crippen molar-refractivity contribution in [3.8, 4) is 0 Å². The molecule has 3 aromatic carbocycles. The summed E-state index contributed by atoms with van der Waals surface area (Å²) in [7, 11) is 1.98. The third kappa shape index (κ3) is 6.56. The molecule has 5 nitrogen and oxygen atoms in total. The molecule has 0 aliphatic rings. The molecule has 0 radical (unpaired) electrons. The van der Waals surface area contributed by atoms with E-state index in [-0.39, 0.29) is 24.4 Å². The van der Waals surface area contributed by atoms with Crippen LogP contribution in [0.25, 0.3) is 0 Å². The Hall–Kier alpha value is -4.12. The molecule has 1 aromatic heterocycles. The summed E-state index contributed by atoms with van der Waals surface area (Å²) in [4.78, 5) is 31.5. The van der Waals surface area contributed by atoms with E-state index in [0.717, 1.165) is 22.4 Å². The van der Waals surface area contributed by atoms with Crippen molar-refractivity contribution in [3.63, 3.8) is 0 Å². The second-order valence-corrected chi connectivity index (χ2v) is 9.66. The second-order valence-electron chi connectivity index (χ2n) is 9.66. The number of carbonyl (C=O) groups is 2. The smallest absolute Gasteiger partial charge is 0.242 e. The van der Waals surface area contributed by atoms with Gasteiger partial charge in [-0.1, -0.05) is 91.0 Å². The minimum atomic E-state index is -0.479. The molecule has 190 valence electrons. The average molecular weight is 494 g/mol. The molecule has 0 saturated carbocycles. The van der Waals surface area contributed by atoms with Crippen molar-refractivity contribution in [3.05, 3.63) is 132 Å². The molecule has 5 heteroatoms. The predicted molar refractivity (Wildman–Crippen MR) is 148 cm³/mol. The van der Waals surface area contributed by atoms with Crippen LogP contribution in [0.3, 0.4) is 0 Å². The molecule has 0 spiro atoms. The van der Waals surface area contributed by atoms with E-state index in [1.165, 1.54) is 0 Å². The summed E-state index contributed by atoms with van der Waals surface area (Å²) in [5.41, 5.74) is 3.93. The summed E-state index contributed by atoms with van der Waals surface area (Å²) in [6, 6.07) is 33.5. The van der Waals surface area contributed by atoms with Gasteiger partial charge in [0.05, 0.1) is 12.5 Å². The molecule has 0 bridgehead atoms. The lowest BCUT2D eigenvalue weighted by Crippen LogP contribution is -2.47. The summed E-state index contributed by atoms with van der Waals surface area (Å²) in [5, 5.41) is 0. The predicted octanol–water partition coefficient (Wildman–Crippen LogP) is 5.62. The zero-order chi connectivity index (χ0) is 26.2. The number of hydrogen-bond acceptors (Lipinski definition) is 2. The third-order valence-electron chi connectivity index (χ3n) is 6.70. The van der Waals surface area contributed by atoms with Crippen LogP contribution in [0.2, 0.25) is 0 Å². The highest BCUT2D eigenvalue weighted by Gasteiger charge is 2.31. The summed E-state index contributed by atoms with van der Waals surface area (Å²) in [5.74, 6) is -0.626. The van der Waals surface area contributed by atoms with Gasteiger partial charge in [0.1, 0.15) is 6.54 Å². The van der Waals surface area contributed by atoms with Crippen molar-refractivity contribution in [2.24, 2.45) is 7.05 Å². The lowest BCUT2D eigenvalue weighted by Gasteiger charge is -2.33. The summed E-state index contributed by atoms with van der Waals surface area (Å²) in [6.45, 7) is 4.90. The molecular formula is C32H35N3O2. The van der Waals surface area contributed by atoms with Crippen molar-refractivity contribution >= 4 is 11.8 Å². The first-order valence-corrected chi connectivity index (χ1v) is 12.8. The highest BCUT2D eigenvalue weighted by atomic mass is 16.2. The highest BCUT2D eigenvalue weighted by molar-refractivity contribution is 5.91. The summed E-state index contributed by atoms with van der Waals surface area (Å²) in [6.07, 6.45) is 1.98. The van der Waals surface area contributed by atoms with Gasteiger partial charge in [0.15, 0.2) is 0 Å². The van der Waals surface area contributed by atoms with Gasteiger partial charge in [-0.2, -0.15) is 0 Å². The Labute approximate surface area is 220 Å². The van der Waals surface area contributed by atoms with E-state index in [2.05, 4.69) is 0 Å². The summed E-state index contributed by atoms with van der Waals surface area (Å²) < 4.78 is 2.03. The van der Waals surface area contributed by atoms with Gasteiger partial charge in [0.2, 0.25) is 11.8 Å². The van der Waals surface area contributed by atoms with Gasteiger partial charge in [-0.25, -0.2) is 0 Å². The maximum absolute atomic E-state index is 14.1. The molecule has 0 fully saturated rings. The maximum atomic E-state index is 14.1. The van der Waals surface area contributed by atoms with Gasteiger partial charge >= 0.3 is 0 Å². The Morgan fingerprint density at radius 3 is 1.76 bits per heavy atom. The number of carbonyl (C=O) groups excluding carboxylic acids is 2. The maximum Gasteiger partial charge on any atom is 0.242 e. The van der Waals surface area contributed by atoms with Crippen LogP contribution in [0.4, 0.5) is 0 Å². The topological polar surface area (TPSA) is 45.6 Å². The normalized spacial score (nSPS) is 11.1. The van der Waals surface area contributed by atoms with E-state index < -0.39 is 5.92 Å². The molecular weight excluding hydrogens is 458 g/mol. The van der Waals surface area contributed by atoms with Crippen LogP contribution in [0, 0.1) is 0 Å². The number of amides is 2. The molecule has 0 saturated heterocycles. The Morgan fingerprint density at radius 2 is 1.27 bits per heavy atom. The highest BCUT2D eigenvalue weighted by Crippen LogP contribution is 2.28. The van der Waals surface area contributed by atoms with Crippen molar-refractivity contribution in [2.45, 2.75) is 38.9 Å². The van der Waals surface area contributed by atoms with Crippen molar-refractivity contribution in [2.75, 3.05) is 6.54 Å². The molecule has 4 rings (SSSR count). The Bertz CT molecular complexity index is 1240. The Morgan fingerprint density at radius 1 is 0.730 bits per heavy atom. The van der Waals surface area contributed by atoms with Gasteiger partial charge in [-0.15, -0.1) is 0 Å². The van der Waals surface area contributed by atoms with Gasteiger partial charge in [-0.3, -0.25) is 9.59 Å². The van der Waals surface area contributed by atoms with E-state index in [4.69, 9.17) is 0 Å². The number of nitrogens with zero attached hydrogens (tertiary/aromatic N) is 3. The fraction of sp³-hybridized carbons (Fsp3) is 0.250. The van der Waals surface area contributed by atoms with Gasteiger partial charge in [-0.05, 0) is 42.7 Å². The number of benzene rings is 3. The van der Waals surface area contributed by atoms with Gasteiger partial charge in [0.25, 0.3) is 0 Å². The first kappa shape index (κ1) is 26.0. The van der Waals surface area contributed by atoms with Crippen LogP contribution < -0.4 is 0 Å². The minimum absolute atomic E-state index is 0.0178. The van der Waals surface area contributed by atoms with Crippen molar-refractivity contribution < 1.29 is 9.59 Å². The zero-order valence-electron chi connectivity index (χ0n) is 21.8. The molecule has 0 aliphatic carbocycles. The lowest BCUT2D eigenvalue weighted by atomic mass is 9.89. The molecule has 4 aromatic rings. The van der Waals surface area contributed by atoms with Crippen molar-refractivity contribution in [1.29, 1.82) is 0 Å². The van der Waals surface area contributed by atoms with Crippen LogP contribution in [0.5, 0.6) is 0 Å². The molecule has 0 unspecified atom stereocenters. The monoisotopic (exact) mass is 493 g/mol. The van der Waals surface area contributed by atoms with E-state index in [9.17, 15) is 9.59 Å². The van der Waals surface area contributed by atoms with E-state index in [1.54, 1.807) is 4.90 Å². The number of hydrogen-bond donors (Lipinski definition) is 0. The Kier molecular flexibility index (Phi) is 8.57. The van der Waals surface area contributed by atoms with E-state index in [0.29, 0.717) is 13.1 Å². The van der Waals surface area contributed by atoms with Gasteiger partial charge in [0, 0.05) is 31.5 Å². The van der Waals surface area contributed by atoms with Crippen LogP contribution >= 0.6 is 0 Å². The van der Waals surface area contributed by atoms with E-state index in [1.807, 2.05) is 140 Å². The average Bonchev–Trinajstić information content (AvgIpc) is 3.32. The Balaban J connectivity index is 1.62. The summed E-state index contributed by atoms with van der Waals surface area (Å²) >= 11 is 0.